The molecular formula is C14H22N2O2. The molecule has 4 nitrogen and oxygen atoms in total. The Hall–Kier alpha value is -1.71. The van der Waals surface area contributed by atoms with Gasteiger partial charge in [-0.05, 0) is 36.6 Å². The van der Waals surface area contributed by atoms with Crippen LogP contribution in [-0.2, 0) is 4.79 Å². The smallest absolute Gasteiger partial charge is 0.240 e. The van der Waals surface area contributed by atoms with Gasteiger partial charge in [-0.2, -0.15) is 0 Å². The number of amides is 1. The summed E-state index contributed by atoms with van der Waals surface area (Å²) in [4.78, 5) is 11.5. The lowest BCUT2D eigenvalue weighted by Gasteiger charge is -2.23. The molecule has 1 aromatic carbocycles. The maximum Gasteiger partial charge on any atom is 0.240 e. The molecule has 2 atom stereocenters. The van der Waals surface area contributed by atoms with Crippen LogP contribution in [0.25, 0.3) is 0 Å². The predicted octanol–water partition coefficient (Wildman–Crippen LogP) is 2.40. The molecule has 0 bridgehead atoms. The molecule has 0 aromatic heterocycles. The number of hydrogen-bond donors (Lipinski definition) is 2. The lowest BCUT2D eigenvalue weighted by molar-refractivity contribution is -0.119. The van der Waals surface area contributed by atoms with Crippen LogP contribution in [0.3, 0.4) is 0 Å². The molecule has 1 amide bonds. The molecule has 1 aromatic rings. The Morgan fingerprint density at radius 3 is 2.44 bits per heavy atom. The molecule has 0 saturated carbocycles. The number of nitrogens with two attached hydrogens (primary N) is 1. The van der Waals surface area contributed by atoms with Crippen molar-refractivity contribution in [3.63, 3.8) is 0 Å². The van der Waals surface area contributed by atoms with Gasteiger partial charge in [0.05, 0.1) is 7.11 Å². The fourth-order valence-corrected chi connectivity index (χ4v) is 1.98. The molecule has 0 saturated heterocycles. The molecule has 1 rings (SSSR count). The van der Waals surface area contributed by atoms with Gasteiger partial charge in [0.2, 0.25) is 5.91 Å². The Bertz CT molecular complexity index is 376. The first-order valence-electron chi connectivity index (χ1n) is 6.28. The lowest BCUT2D eigenvalue weighted by Crippen LogP contribution is -2.40. The highest BCUT2D eigenvalue weighted by molar-refractivity contribution is 5.83. The number of benzene rings is 1. The van der Waals surface area contributed by atoms with E-state index in [1.165, 1.54) is 0 Å². The van der Waals surface area contributed by atoms with Crippen molar-refractivity contribution in [2.45, 2.75) is 32.7 Å². The van der Waals surface area contributed by atoms with Gasteiger partial charge in [0, 0.05) is 5.69 Å². The SMILES string of the molecule is CCCC(C)C(Nc1ccc(OC)cc1)C(N)=O. The molecule has 0 aliphatic rings. The molecule has 4 heteroatoms. The number of anilines is 1. The second kappa shape index (κ2) is 6.89. The average molecular weight is 250 g/mol. The minimum atomic E-state index is -0.335. The van der Waals surface area contributed by atoms with Crippen LogP contribution in [0.15, 0.2) is 24.3 Å². The van der Waals surface area contributed by atoms with Crippen LogP contribution in [-0.4, -0.2) is 19.1 Å². The molecule has 0 heterocycles. The van der Waals surface area contributed by atoms with E-state index < -0.39 is 0 Å². The quantitative estimate of drug-likeness (QED) is 0.781. The van der Waals surface area contributed by atoms with Gasteiger partial charge in [-0.1, -0.05) is 20.3 Å². The largest absolute Gasteiger partial charge is 0.497 e. The number of ether oxygens (including phenoxy) is 1. The standard InChI is InChI=1S/C14H22N2O2/c1-4-5-10(2)13(14(15)17)16-11-6-8-12(18-3)9-7-11/h6-10,13,16H,4-5H2,1-3H3,(H2,15,17). The number of methoxy groups -OCH3 is 1. The summed E-state index contributed by atoms with van der Waals surface area (Å²) in [6, 6.07) is 7.13. The van der Waals surface area contributed by atoms with Gasteiger partial charge in [0.1, 0.15) is 11.8 Å². The molecule has 100 valence electrons. The zero-order valence-corrected chi connectivity index (χ0v) is 11.3. The van der Waals surface area contributed by atoms with E-state index in [1.807, 2.05) is 31.2 Å². The summed E-state index contributed by atoms with van der Waals surface area (Å²) in [5.74, 6) is 0.694. The Balaban J connectivity index is 2.73. The predicted molar refractivity (Wildman–Crippen MR) is 73.7 cm³/mol. The van der Waals surface area contributed by atoms with Crippen LogP contribution in [0, 0.1) is 5.92 Å². The number of carbonyl (C=O) groups is 1. The highest BCUT2D eigenvalue weighted by Crippen LogP contribution is 2.19. The highest BCUT2D eigenvalue weighted by Gasteiger charge is 2.21. The molecule has 0 fully saturated rings. The van der Waals surface area contributed by atoms with Crippen molar-refractivity contribution in [1.82, 2.24) is 0 Å². The summed E-state index contributed by atoms with van der Waals surface area (Å²) in [6.07, 6.45) is 2.01. The van der Waals surface area contributed by atoms with E-state index in [1.54, 1.807) is 7.11 Å². The number of rotatable bonds is 7. The monoisotopic (exact) mass is 250 g/mol. The Morgan fingerprint density at radius 1 is 1.39 bits per heavy atom. The lowest BCUT2D eigenvalue weighted by atomic mass is 9.96. The van der Waals surface area contributed by atoms with Crippen LogP contribution in [0.4, 0.5) is 5.69 Å². The van der Waals surface area contributed by atoms with Gasteiger partial charge in [-0.25, -0.2) is 0 Å². The Labute approximate surface area is 109 Å². The van der Waals surface area contributed by atoms with Gasteiger partial charge >= 0.3 is 0 Å². The molecule has 18 heavy (non-hydrogen) atoms. The fourth-order valence-electron chi connectivity index (χ4n) is 1.98. The summed E-state index contributed by atoms with van der Waals surface area (Å²) in [5, 5.41) is 3.18. The van der Waals surface area contributed by atoms with E-state index in [-0.39, 0.29) is 17.9 Å². The van der Waals surface area contributed by atoms with Crippen molar-refractivity contribution in [2.75, 3.05) is 12.4 Å². The summed E-state index contributed by atoms with van der Waals surface area (Å²) in [6.45, 7) is 4.14. The summed E-state index contributed by atoms with van der Waals surface area (Å²) in [5.41, 5.74) is 6.32. The van der Waals surface area contributed by atoms with Crippen molar-refractivity contribution in [3.8, 4) is 5.75 Å². The first-order valence-corrected chi connectivity index (χ1v) is 6.28. The maximum atomic E-state index is 11.5. The zero-order valence-electron chi connectivity index (χ0n) is 11.3. The Morgan fingerprint density at radius 2 is 2.00 bits per heavy atom. The molecule has 0 spiro atoms. The van der Waals surface area contributed by atoms with Gasteiger partial charge in [0.15, 0.2) is 0 Å². The van der Waals surface area contributed by atoms with E-state index >= 15 is 0 Å². The van der Waals surface area contributed by atoms with E-state index in [4.69, 9.17) is 10.5 Å². The minimum absolute atomic E-state index is 0.217. The van der Waals surface area contributed by atoms with E-state index in [2.05, 4.69) is 12.2 Å². The number of hydrogen-bond acceptors (Lipinski definition) is 3. The van der Waals surface area contributed by atoms with Crippen molar-refractivity contribution in [2.24, 2.45) is 11.7 Å². The summed E-state index contributed by atoms with van der Waals surface area (Å²) in [7, 11) is 1.62. The third-order valence-electron chi connectivity index (χ3n) is 3.03. The molecule has 0 radical (unpaired) electrons. The maximum absolute atomic E-state index is 11.5. The minimum Gasteiger partial charge on any atom is -0.497 e. The fraction of sp³-hybridized carbons (Fsp3) is 0.500. The van der Waals surface area contributed by atoms with Crippen LogP contribution in [0.2, 0.25) is 0 Å². The second-order valence-corrected chi connectivity index (χ2v) is 4.52. The van der Waals surface area contributed by atoms with Crippen molar-refractivity contribution in [1.29, 1.82) is 0 Å². The Kier molecular flexibility index (Phi) is 5.49. The zero-order chi connectivity index (χ0) is 13.5. The first-order chi connectivity index (χ1) is 8.58. The molecule has 0 aliphatic heterocycles. The third kappa shape index (κ3) is 3.95. The third-order valence-corrected chi connectivity index (χ3v) is 3.03. The normalized spacial score (nSPS) is 13.7. The molecule has 3 N–H and O–H groups in total. The van der Waals surface area contributed by atoms with Gasteiger partial charge < -0.3 is 15.8 Å². The van der Waals surface area contributed by atoms with E-state index in [0.717, 1.165) is 24.3 Å². The average Bonchev–Trinajstić information content (AvgIpc) is 2.36. The summed E-state index contributed by atoms with van der Waals surface area (Å²) >= 11 is 0. The first kappa shape index (κ1) is 14.4. The number of primary amides is 1. The van der Waals surface area contributed by atoms with Crippen molar-refractivity contribution >= 4 is 11.6 Å². The number of nitrogens with one attached hydrogen (secondary N) is 1. The van der Waals surface area contributed by atoms with Crippen molar-refractivity contribution < 1.29 is 9.53 Å². The van der Waals surface area contributed by atoms with Gasteiger partial charge in [-0.15, -0.1) is 0 Å². The van der Waals surface area contributed by atoms with Crippen LogP contribution in [0.5, 0.6) is 5.75 Å². The van der Waals surface area contributed by atoms with E-state index in [9.17, 15) is 4.79 Å². The van der Waals surface area contributed by atoms with Crippen LogP contribution < -0.4 is 15.8 Å². The van der Waals surface area contributed by atoms with Gasteiger partial charge in [0.25, 0.3) is 0 Å². The molecule has 0 aliphatic carbocycles. The van der Waals surface area contributed by atoms with Crippen LogP contribution >= 0.6 is 0 Å². The topological polar surface area (TPSA) is 64.3 Å². The van der Waals surface area contributed by atoms with E-state index in [0.29, 0.717) is 0 Å². The van der Waals surface area contributed by atoms with Gasteiger partial charge in [-0.3, -0.25) is 4.79 Å². The second-order valence-electron chi connectivity index (χ2n) is 4.52. The van der Waals surface area contributed by atoms with Crippen molar-refractivity contribution in [3.05, 3.63) is 24.3 Å². The number of carbonyl (C=O) groups excluding carboxylic acids is 1. The van der Waals surface area contributed by atoms with Crippen LogP contribution in [0.1, 0.15) is 26.7 Å². The summed E-state index contributed by atoms with van der Waals surface area (Å²) < 4.78 is 5.09. The molecule has 2 unspecified atom stereocenters. The molecular weight excluding hydrogens is 228 g/mol. The highest BCUT2D eigenvalue weighted by atomic mass is 16.5.